The topological polar surface area (TPSA) is 128 Å². The largest absolute Gasteiger partial charge is 0.460 e. The second kappa shape index (κ2) is 9.54. The van der Waals surface area contributed by atoms with Gasteiger partial charge in [-0.2, -0.15) is 19.9 Å². The Morgan fingerprint density at radius 2 is 2.06 bits per heavy atom. The number of ether oxygens (including phenoxy) is 1. The molecular formula is C21H20FN7O3. The minimum atomic E-state index is -0.735. The first kappa shape index (κ1) is 21.4. The van der Waals surface area contributed by atoms with E-state index in [2.05, 4.69) is 21.0 Å². The Labute approximate surface area is 183 Å². The minimum Gasteiger partial charge on any atom is -0.460 e. The number of aromatic nitrogens is 3. The average molecular weight is 437 g/mol. The lowest BCUT2D eigenvalue weighted by Gasteiger charge is -2.34. The normalized spacial score (nSPS) is 18.8. The lowest BCUT2D eigenvalue weighted by atomic mass is 9.95. The lowest BCUT2D eigenvalue weighted by molar-refractivity contribution is -0.182. The third-order valence-electron chi connectivity index (χ3n) is 5.49. The van der Waals surface area contributed by atoms with E-state index in [1.54, 1.807) is 18.3 Å². The van der Waals surface area contributed by atoms with Gasteiger partial charge < -0.3 is 9.64 Å². The maximum absolute atomic E-state index is 13.8. The molecule has 164 valence electrons. The first-order valence-corrected chi connectivity index (χ1v) is 10.2. The van der Waals surface area contributed by atoms with Crippen LogP contribution in [-0.2, 0) is 9.63 Å². The van der Waals surface area contributed by atoms with Crippen molar-refractivity contribution in [3.05, 3.63) is 41.6 Å². The summed E-state index contributed by atoms with van der Waals surface area (Å²) >= 11 is 0. The Balaban J connectivity index is 1.40. The fraction of sp³-hybridized carbons (Fsp3) is 0.429. The molecular weight excluding hydrogens is 417 g/mol. The third-order valence-corrected chi connectivity index (χ3v) is 5.49. The van der Waals surface area contributed by atoms with Gasteiger partial charge in [0.15, 0.2) is 6.61 Å². The van der Waals surface area contributed by atoms with Crippen LogP contribution in [0.15, 0.2) is 24.7 Å². The highest BCUT2D eigenvalue weighted by Gasteiger charge is 2.37. The van der Waals surface area contributed by atoms with Gasteiger partial charge in [0.25, 0.3) is 5.88 Å². The van der Waals surface area contributed by atoms with Crippen LogP contribution in [-0.4, -0.2) is 52.2 Å². The van der Waals surface area contributed by atoms with Gasteiger partial charge in [-0.3, -0.25) is 14.6 Å². The summed E-state index contributed by atoms with van der Waals surface area (Å²) in [4.78, 5) is 32.8. The van der Waals surface area contributed by atoms with Crippen molar-refractivity contribution in [2.75, 3.05) is 31.2 Å². The third kappa shape index (κ3) is 4.43. The molecule has 32 heavy (non-hydrogen) atoms. The number of halogens is 1. The maximum atomic E-state index is 13.8. The number of anilines is 1. The van der Waals surface area contributed by atoms with Crippen LogP contribution in [0.4, 0.5) is 10.3 Å². The van der Waals surface area contributed by atoms with E-state index in [9.17, 15) is 9.18 Å². The van der Waals surface area contributed by atoms with E-state index < -0.39 is 5.82 Å². The minimum absolute atomic E-state index is 0.104. The van der Waals surface area contributed by atoms with Gasteiger partial charge >= 0.3 is 0 Å². The summed E-state index contributed by atoms with van der Waals surface area (Å²) in [6, 6.07) is 5.29. The molecule has 0 bridgehead atoms. The Morgan fingerprint density at radius 3 is 2.81 bits per heavy atom. The van der Waals surface area contributed by atoms with Crippen molar-refractivity contribution < 1.29 is 18.8 Å². The highest BCUT2D eigenvalue weighted by Crippen LogP contribution is 2.34. The zero-order chi connectivity index (χ0) is 22.5. The van der Waals surface area contributed by atoms with Gasteiger partial charge in [-0.05, 0) is 24.5 Å². The van der Waals surface area contributed by atoms with Gasteiger partial charge in [-0.15, -0.1) is 0 Å². The van der Waals surface area contributed by atoms with Gasteiger partial charge in [0.05, 0.1) is 24.4 Å². The lowest BCUT2D eigenvalue weighted by Crippen LogP contribution is -2.42. The molecule has 0 saturated carbocycles. The Kier molecular flexibility index (Phi) is 6.38. The standard InChI is InChI=1S/C21H20FN7O3/c22-17-13-26-21(27-19(17)31-8-4-23)28-5-1-15(2-6-28)20(30)29-18(3-7-32-29)16-9-14(10-24)11-25-12-16/h9,11-13,15,18H,1-3,5-8H2/t18-/m0/s1. The monoisotopic (exact) mass is 437 g/mol. The predicted octanol–water partition coefficient (Wildman–Crippen LogP) is 1.91. The van der Waals surface area contributed by atoms with Crippen molar-refractivity contribution in [2.45, 2.75) is 25.3 Å². The molecule has 2 fully saturated rings. The van der Waals surface area contributed by atoms with Crippen molar-refractivity contribution in [1.29, 1.82) is 10.5 Å². The number of nitrogens with zero attached hydrogens (tertiary/aromatic N) is 7. The maximum Gasteiger partial charge on any atom is 0.256 e. The number of hydroxylamine groups is 2. The summed E-state index contributed by atoms with van der Waals surface area (Å²) in [5, 5.41) is 19.1. The number of carbonyl (C=O) groups excluding carboxylic acids is 1. The predicted molar refractivity (Wildman–Crippen MR) is 107 cm³/mol. The van der Waals surface area contributed by atoms with Crippen LogP contribution in [0.3, 0.4) is 0 Å². The molecule has 4 heterocycles. The average Bonchev–Trinajstić information content (AvgIpc) is 3.33. The number of rotatable bonds is 5. The Morgan fingerprint density at radius 1 is 1.25 bits per heavy atom. The molecule has 0 aliphatic carbocycles. The molecule has 0 N–H and O–H groups in total. The molecule has 1 atom stereocenters. The van der Waals surface area contributed by atoms with E-state index in [1.165, 1.54) is 11.3 Å². The van der Waals surface area contributed by atoms with Crippen LogP contribution in [0.25, 0.3) is 0 Å². The Hall–Kier alpha value is -3.83. The van der Waals surface area contributed by atoms with E-state index in [1.807, 2.05) is 4.90 Å². The van der Waals surface area contributed by atoms with Gasteiger partial charge in [0.2, 0.25) is 17.7 Å². The van der Waals surface area contributed by atoms with E-state index in [4.69, 9.17) is 20.1 Å². The molecule has 2 saturated heterocycles. The van der Waals surface area contributed by atoms with E-state index in [0.717, 1.165) is 11.8 Å². The SMILES string of the molecule is N#CCOc1nc(N2CCC(C(=O)N3OCC[C@H]3c3cncc(C#N)c3)CC2)ncc1F. The number of carbonyl (C=O) groups is 1. The smallest absolute Gasteiger partial charge is 0.256 e. The first-order chi connectivity index (χ1) is 15.6. The van der Waals surface area contributed by atoms with E-state index in [-0.39, 0.29) is 30.4 Å². The van der Waals surface area contributed by atoms with Gasteiger partial charge in [-0.1, -0.05) is 0 Å². The number of hydrogen-bond donors (Lipinski definition) is 0. The van der Waals surface area contributed by atoms with Crippen LogP contribution < -0.4 is 9.64 Å². The fourth-order valence-electron chi connectivity index (χ4n) is 3.89. The second-order valence-electron chi connectivity index (χ2n) is 7.45. The fourth-order valence-corrected chi connectivity index (χ4v) is 3.89. The highest BCUT2D eigenvalue weighted by atomic mass is 19.1. The number of pyridine rings is 1. The summed E-state index contributed by atoms with van der Waals surface area (Å²) in [6.07, 6.45) is 5.89. The van der Waals surface area contributed by atoms with E-state index in [0.29, 0.717) is 50.5 Å². The van der Waals surface area contributed by atoms with Gasteiger partial charge in [0.1, 0.15) is 12.1 Å². The zero-order valence-corrected chi connectivity index (χ0v) is 17.1. The molecule has 2 aliphatic rings. The van der Waals surface area contributed by atoms with Crippen LogP contribution in [0, 0.1) is 34.4 Å². The summed E-state index contributed by atoms with van der Waals surface area (Å²) in [5.41, 5.74) is 1.21. The number of piperidine rings is 1. The molecule has 0 unspecified atom stereocenters. The van der Waals surface area contributed by atoms with Crippen molar-refractivity contribution in [1.82, 2.24) is 20.0 Å². The molecule has 1 amide bonds. The number of amides is 1. The van der Waals surface area contributed by atoms with Crippen molar-refractivity contribution in [3.8, 4) is 18.0 Å². The molecule has 0 spiro atoms. The van der Waals surface area contributed by atoms with Crippen molar-refractivity contribution in [2.24, 2.45) is 5.92 Å². The van der Waals surface area contributed by atoms with Crippen molar-refractivity contribution in [3.63, 3.8) is 0 Å². The summed E-state index contributed by atoms with van der Waals surface area (Å²) in [7, 11) is 0. The molecule has 4 rings (SSSR count). The van der Waals surface area contributed by atoms with Crippen LogP contribution in [0.2, 0.25) is 0 Å². The second-order valence-corrected chi connectivity index (χ2v) is 7.45. The number of hydrogen-bond acceptors (Lipinski definition) is 9. The molecule has 2 aromatic rings. The zero-order valence-electron chi connectivity index (χ0n) is 17.1. The number of nitriles is 2. The van der Waals surface area contributed by atoms with Crippen molar-refractivity contribution >= 4 is 11.9 Å². The molecule has 0 radical (unpaired) electrons. The van der Waals surface area contributed by atoms with Gasteiger partial charge in [-0.25, -0.2) is 10.0 Å². The summed E-state index contributed by atoms with van der Waals surface area (Å²) in [5.74, 6) is -1.06. The van der Waals surface area contributed by atoms with Crippen LogP contribution >= 0.6 is 0 Å². The first-order valence-electron chi connectivity index (χ1n) is 10.2. The van der Waals surface area contributed by atoms with Gasteiger partial charge in [0, 0.05) is 37.8 Å². The summed E-state index contributed by atoms with van der Waals surface area (Å²) in [6.45, 7) is 1.11. The molecule has 2 aliphatic heterocycles. The quantitative estimate of drug-likeness (QED) is 0.689. The Bertz CT molecular complexity index is 1080. The van der Waals surface area contributed by atoms with Crippen LogP contribution in [0.5, 0.6) is 5.88 Å². The highest BCUT2D eigenvalue weighted by molar-refractivity contribution is 5.79. The molecule has 2 aromatic heterocycles. The van der Waals surface area contributed by atoms with Crippen LogP contribution in [0.1, 0.15) is 36.4 Å². The molecule has 11 heteroatoms. The van der Waals surface area contributed by atoms with E-state index >= 15 is 0 Å². The molecule has 0 aromatic carbocycles. The summed E-state index contributed by atoms with van der Waals surface area (Å²) < 4.78 is 18.8. The molecule has 10 nitrogen and oxygen atoms in total.